The van der Waals surface area contributed by atoms with Crippen LogP contribution in [0.4, 0.5) is 0 Å². The van der Waals surface area contributed by atoms with Gasteiger partial charge in [0.15, 0.2) is 0 Å². The summed E-state index contributed by atoms with van der Waals surface area (Å²) in [6, 6.07) is 25.3. The molecule has 1 aliphatic carbocycles. The molecular weight excluding hydrogens is 336 g/mol. The van der Waals surface area contributed by atoms with Crippen molar-refractivity contribution < 1.29 is 0 Å². The summed E-state index contributed by atoms with van der Waals surface area (Å²) in [4.78, 5) is 0. The van der Waals surface area contributed by atoms with Crippen molar-refractivity contribution in [3.8, 4) is 0 Å². The van der Waals surface area contributed by atoms with Crippen molar-refractivity contribution in [2.45, 2.75) is 52.9 Å². The van der Waals surface area contributed by atoms with Crippen molar-refractivity contribution >= 4 is 5.57 Å². The van der Waals surface area contributed by atoms with Gasteiger partial charge >= 0.3 is 0 Å². The van der Waals surface area contributed by atoms with Gasteiger partial charge in [0.1, 0.15) is 0 Å². The third-order valence-corrected chi connectivity index (χ3v) is 6.16. The molecule has 0 aliphatic heterocycles. The second-order valence-electron chi connectivity index (χ2n) is 8.14. The molecule has 3 aromatic carbocycles. The van der Waals surface area contributed by atoms with Crippen molar-refractivity contribution in [2.75, 3.05) is 0 Å². The maximum absolute atomic E-state index is 2.44. The summed E-state index contributed by atoms with van der Waals surface area (Å²) in [5.74, 6) is 0.476. The molecule has 4 rings (SSSR count). The molecule has 0 fully saturated rings. The summed E-state index contributed by atoms with van der Waals surface area (Å²) in [6.07, 6.45) is 3.26. The minimum absolute atomic E-state index is 0.476. The van der Waals surface area contributed by atoms with Gasteiger partial charge in [0.25, 0.3) is 0 Å². The van der Waals surface area contributed by atoms with Crippen LogP contribution in [0.25, 0.3) is 5.57 Å². The number of fused-ring (bicyclic) bond motifs is 1. The maximum atomic E-state index is 2.44. The zero-order valence-corrected chi connectivity index (χ0v) is 17.5. The van der Waals surface area contributed by atoms with E-state index in [1.165, 1.54) is 44.5 Å². The summed E-state index contributed by atoms with van der Waals surface area (Å²) in [6.45, 7) is 8.92. The highest BCUT2D eigenvalue weighted by atomic mass is 14.3. The minimum Gasteiger partial charge on any atom is -0.0617 e. The molecule has 0 aromatic heterocycles. The van der Waals surface area contributed by atoms with Gasteiger partial charge < -0.3 is 0 Å². The fourth-order valence-electron chi connectivity index (χ4n) is 4.67. The Labute approximate surface area is 169 Å². The van der Waals surface area contributed by atoms with Gasteiger partial charge in [-0.1, -0.05) is 97.3 Å². The number of allylic oxidation sites excluding steroid dienone is 1. The molecule has 0 N–H and O–H groups in total. The quantitative estimate of drug-likeness (QED) is 0.441. The van der Waals surface area contributed by atoms with Crippen LogP contribution in [-0.4, -0.2) is 0 Å². The first kappa shape index (κ1) is 18.7. The Balaban J connectivity index is 1.87. The second kappa shape index (κ2) is 7.80. The van der Waals surface area contributed by atoms with Crippen LogP contribution >= 0.6 is 0 Å². The van der Waals surface area contributed by atoms with Crippen LogP contribution in [0.1, 0.15) is 65.1 Å². The van der Waals surface area contributed by atoms with E-state index >= 15 is 0 Å². The number of rotatable bonds is 5. The topological polar surface area (TPSA) is 0 Å². The highest BCUT2D eigenvalue weighted by Crippen LogP contribution is 2.48. The van der Waals surface area contributed by atoms with Gasteiger partial charge in [0.2, 0.25) is 0 Å². The number of hydrogen-bond donors (Lipinski definition) is 0. The SMILES string of the molecule is CCC1=C(c2ccc(C)cc2)c2cc(CC)ccc2C1Cc1cccc(C)c1. The van der Waals surface area contributed by atoms with Crippen molar-refractivity contribution in [1.82, 2.24) is 0 Å². The summed E-state index contributed by atoms with van der Waals surface area (Å²) < 4.78 is 0. The third kappa shape index (κ3) is 3.44. The van der Waals surface area contributed by atoms with Gasteiger partial charge in [-0.15, -0.1) is 0 Å². The number of benzene rings is 3. The molecule has 1 atom stereocenters. The van der Waals surface area contributed by atoms with E-state index in [-0.39, 0.29) is 0 Å². The molecule has 0 saturated carbocycles. The van der Waals surface area contributed by atoms with Gasteiger partial charge in [-0.2, -0.15) is 0 Å². The third-order valence-electron chi connectivity index (χ3n) is 6.16. The van der Waals surface area contributed by atoms with Crippen LogP contribution in [-0.2, 0) is 12.8 Å². The first-order chi connectivity index (χ1) is 13.6. The van der Waals surface area contributed by atoms with Crippen LogP contribution in [0.3, 0.4) is 0 Å². The molecule has 0 nitrogen and oxygen atoms in total. The molecule has 142 valence electrons. The van der Waals surface area contributed by atoms with Crippen LogP contribution in [0.5, 0.6) is 0 Å². The lowest BCUT2D eigenvalue weighted by atomic mass is 9.87. The Morgan fingerprint density at radius 3 is 2.18 bits per heavy atom. The van der Waals surface area contributed by atoms with Crippen molar-refractivity contribution in [2.24, 2.45) is 0 Å². The first-order valence-corrected chi connectivity index (χ1v) is 10.6. The lowest BCUT2D eigenvalue weighted by Gasteiger charge is -2.17. The van der Waals surface area contributed by atoms with Gasteiger partial charge in [-0.25, -0.2) is 0 Å². The Morgan fingerprint density at radius 1 is 0.714 bits per heavy atom. The van der Waals surface area contributed by atoms with E-state index in [0.29, 0.717) is 5.92 Å². The lowest BCUT2D eigenvalue weighted by molar-refractivity contribution is 0.770. The molecule has 0 radical (unpaired) electrons. The summed E-state index contributed by atoms with van der Waals surface area (Å²) >= 11 is 0. The van der Waals surface area contributed by atoms with Crippen LogP contribution in [0.2, 0.25) is 0 Å². The molecule has 0 heteroatoms. The van der Waals surface area contributed by atoms with E-state index in [2.05, 4.69) is 94.4 Å². The van der Waals surface area contributed by atoms with Crippen LogP contribution in [0.15, 0.2) is 72.3 Å². The second-order valence-corrected chi connectivity index (χ2v) is 8.14. The fourth-order valence-corrected chi connectivity index (χ4v) is 4.67. The van der Waals surface area contributed by atoms with E-state index in [1.807, 2.05) is 0 Å². The van der Waals surface area contributed by atoms with Gasteiger partial charge in [0.05, 0.1) is 0 Å². The van der Waals surface area contributed by atoms with Gasteiger partial charge in [0, 0.05) is 5.92 Å². The van der Waals surface area contributed by atoms with Crippen molar-refractivity contribution in [3.63, 3.8) is 0 Å². The molecule has 1 aliphatic rings. The molecule has 0 amide bonds. The average molecular weight is 367 g/mol. The average Bonchev–Trinajstić information content (AvgIpc) is 3.01. The Kier molecular flexibility index (Phi) is 5.22. The largest absolute Gasteiger partial charge is 0.0617 e. The predicted molar refractivity (Wildman–Crippen MR) is 121 cm³/mol. The number of aryl methyl sites for hydroxylation is 3. The monoisotopic (exact) mass is 366 g/mol. The number of hydrogen-bond acceptors (Lipinski definition) is 0. The normalized spacial score (nSPS) is 15.8. The lowest BCUT2D eigenvalue weighted by Crippen LogP contribution is -2.03. The standard InChI is InChI=1S/C28H30/c1-5-21-12-15-25-26(18-22-9-7-8-20(4)16-22)24(6-2)28(27(25)17-21)23-13-10-19(3)11-14-23/h7-17,26H,5-6,18H2,1-4H3. The van der Waals surface area contributed by atoms with Crippen LogP contribution < -0.4 is 0 Å². The van der Waals surface area contributed by atoms with Crippen molar-refractivity contribution in [1.29, 1.82) is 0 Å². The summed E-state index contributed by atoms with van der Waals surface area (Å²) in [5, 5.41) is 0. The maximum Gasteiger partial charge on any atom is 0.0104 e. The zero-order valence-electron chi connectivity index (χ0n) is 17.5. The molecule has 0 saturated heterocycles. The summed E-state index contributed by atoms with van der Waals surface area (Å²) in [5.41, 5.74) is 12.9. The predicted octanol–water partition coefficient (Wildman–Crippen LogP) is 7.42. The fraction of sp³-hybridized carbons (Fsp3) is 0.286. The highest BCUT2D eigenvalue weighted by molar-refractivity contribution is 5.89. The minimum atomic E-state index is 0.476. The van der Waals surface area contributed by atoms with Gasteiger partial charge in [-0.3, -0.25) is 0 Å². The van der Waals surface area contributed by atoms with E-state index < -0.39 is 0 Å². The van der Waals surface area contributed by atoms with Gasteiger partial charge in [-0.05, 0) is 66.5 Å². The molecule has 0 spiro atoms. The highest BCUT2D eigenvalue weighted by Gasteiger charge is 2.31. The van der Waals surface area contributed by atoms with E-state index in [9.17, 15) is 0 Å². The molecule has 0 bridgehead atoms. The molecule has 3 aromatic rings. The Bertz CT molecular complexity index is 1020. The Morgan fingerprint density at radius 2 is 1.50 bits per heavy atom. The zero-order chi connectivity index (χ0) is 19.7. The van der Waals surface area contributed by atoms with E-state index in [1.54, 1.807) is 5.57 Å². The molecule has 1 unspecified atom stereocenters. The smallest absolute Gasteiger partial charge is 0.0104 e. The molecule has 28 heavy (non-hydrogen) atoms. The Hall–Kier alpha value is -2.60. The van der Waals surface area contributed by atoms with E-state index in [4.69, 9.17) is 0 Å². The van der Waals surface area contributed by atoms with Crippen molar-refractivity contribution in [3.05, 3.63) is 111 Å². The van der Waals surface area contributed by atoms with E-state index in [0.717, 1.165) is 19.3 Å². The molecular formula is C28H30. The summed E-state index contributed by atoms with van der Waals surface area (Å²) in [7, 11) is 0. The first-order valence-electron chi connectivity index (χ1n) is 10.6. The van der Waals surface area contributed by atoms with Crippen LogP contribution in [0, 0.1) is 13.8 Å². The molecule has 0 heterocycles.